The van der Waals surface area contributed by atoms with E-state index in [1.165, 1.54) is 6.08 Å². The van der Waals surface area contributed by atoms with Gasteiger partial charge in [-0.25, -0.2) is 0 Å². The highest BCUT2D eigenvalue weighted by Crippen LogP contribution is 2.11. The lowest BCUT2D eigenvalue weighted by Crippen LogP contribution is -2.26. The van der Waals surface area contributed by atoms with Gasteiger partial charge in [-0.3, -0.25) is 9.59 Å². The molecule has 3 heteroatoms. The molecule has 29 heavy (non-hydrogen) atoms. The van der Waals surface area contributed by atoms with Crippen molar-refractivity contribution < 1.29 is 9.59 Å². The van der Waals surface area contributed by atoms with Gasteiger partial charge in [-0.05, 0) is 35.8 Å². The van der Waals surface area contributed by atoms with Crippen LogP contribution in [0.25, 0.3) is 12.2 Å². The zero-order valence-corrected chi connectivity index (χ0v) is 16.3. The van der Waals surface area contributed by atoms with Crippen molar-refractivity contribution >= 4 is 23.8 Å². The van der Waals surface area contributed by atoms with Crippen LogP contribution in [0.3, 0.4) is 0 Å². The van der Waals surface area contributed by atoms with Crippen molar-refractivity contribution in [3.63, 3.8) is 0 Å². The lowest BCUT2D eigenvalue weighted by Gasteiger charge is -2.09. The summed E-state index contributed by atoms with van der Waals surface area (Å²) in [7, 11) is 0. The monoisotopic (exact) mass is 381 g/mol. The largest absolute Gasteiger partial charge is 0.319 e. The SMILES string of the molecule is Cc1ccc(CC(=O)/C(=C/c2ccccc2)NC(=O)/C=C/c2ccccc2)cc1. The second kappa shape index (κ2) is 10.00. The minimum atomic E-state index is -0.340. The van der Waals surface area contributed by atoms with Gasteiger partial charge >= 0.3 is 0 Å². The number of carbonyl (C=O) groups excluding carboxylic acids is 2. The van der Waals surface area contributed by atoms with Gasteiger partial charge in [-0.2, -0.15) is 0 Å². The highest BCUT2D eigenvalue weighted by molar-refractivity contribution is 6.06. The second-order valence-electron chi connectivity index (χ2n) is 6.79. The Morgan fingerprint density at radius 1 is 0.793 bits per heavy atom. The Labute approximate surface area is 171 Å². The Bertz CT molecular complexity index is 1020. The Balaban J connectivity index is 1.78. The average molecular weight is 381 g/mol. The van der Waals surface area contributed by atoms with Crippen LogP contribution < -0.4 is 5.32 Å². The summed E-state index contributed by atoms with van der Waals surface area (Å²) in [6, 6.07) is 26.9. The summed E-state index contributed by atoms with van der Waals surface area (Å²) in [5.41, 5.74) is 4.10. The van der Waals surface area contributed by atoms with Gasteiger partial charge in [0.2, 0.25) is 5.91 Å². The molecule has 1 amide bonds. The first-order chi connectivity index (χ1) is 14.1. The molecule has 0 unspecified atom stereocenters. The van der Waals surface area contributed by atoms with Gasteiger partial charge in [0.05, 0.1) is 5.70 Å². The van der Waals surface area contributed by atoms with Gasteiger partial charge in [0.15, 0.2) is 5.78 Å². The molecule has 0 aliphatic heterocycles. The molecule has 0 atom stereocenters. The van der Waals surface area contributed by atoms with Crippen LogP contribution in [-0.2, 0) is 16.0 Å². The Morgan fingerprint density at radius 2 is 1.38 bits per heavy atom. The first-order valence-corrected chi connectivity index (χ1v) is 9.50. The lowest BCUT2D eigenvalue weighted by molar-refractivity contribution is -0.119. The van der Waals surface area contributed by atoms with Crippen LogP contribution in [0.4, 0.5) is 0 Å². The molecular formula is C26H23NO2. The first-order valence-electron chi connectivity index (χ1n) is 9.50. The number of carbonyl (C=O) groups is 2. The first kappa shape index (κ1) is 20.0. The molecule has 3 aromatic rings. The summed E-state index contributed by atoms with van der Waals surface area (Å²) < 4.78 is 0. The molecule has 0 spiro atoms. The van der Waals surface area contributed by atoms with Gasteiger partial charge < -0.3 is 5.32 Å². The molecular weight excluding hydrogens is 358 g/mol. The summed E-state index contributed by atoms with van der Waals surface area (Å²) in [5.74, 6) is -0.479. The fourth-order valence-corrected chi connectivity index (χ4v) is 2.80. The fraction of sp³-hybridized carbons (Fsp3) is 0.0769. The van der Waals surface area contributed by atoms with Gasteiger partial charge in [-0.15, -0.1) is 0 Å². The molecule has 0 heterocycles. The molecule has 3 rings (SSSR count). The molecule has 144 valence electrons. The Kier molecular flexibility index (Phi) is 6.90. The average Bonchev–Trinajstić information content (AvgIpc) is 2.75. The number of ketones is 1. The van der Waals surface area contributed by atoms with Crippen molar-refractivity contribution in [3.8, 4) is 0 Å². The predicted molar refractivity (Wildman–Crippen MR) is 118 cm³/mol. The molecule has 0 bridgehead atoms. The fourth-order valence-electron chi connectivity index (χ4n) is 2.80. The Morgan fingerprint density at radius 3 is 2.00 bits per heavy atom. The van der Waals surface area contributed by atoms with E-state index in [1.807, 2.05) is 91.9 Å². The van der Waals surface area contributed by atoms with E-state index in [4.69, 9.17) is 0 Å². The third-order valence-electron chi connectivity index (χ3n) is 4.38. The van der Waals surface area contributed by atoms with Crippen LogP contribution >= 0.6 is 0 Å². The summed E-state index contributed by atoms with van der Waals surface area (Å²) >= 11 is 0. The van der Waals surface area contributed by atoms with E-state index < -0.39 is 0 Å². The quantitative estimate of drug-likeness (QED) is 0.587. The van der Waals surface area contributed by atoms with Crippen LogP contribution in [-0.4, -0.2) is 11.7 Å². The van der Waals surface area contributed by atoms with Crippen molar-refractivity contribution in [1.82, 2.24) is 5.32 Å². The van der Waals surface area contributed by atoms with Crippen LogP contribution in [0.15, 0.2) is 96.7 Å². The third kappa shape index (κ3) is 6.43. The predicted octanol–water partition coefficient (Wildman–Crippen LogP) is 4.98. The highest BCUT2D eigenvalue weighted by atomic mass is 16.2. The van der Waals surface area contributed by atoms with Gasteiger partial charge in [0.1, 0.15) is 0 Å². The number of hydrogen-bond acceptors (Lipinski definition) is 2. The number of rotatable bonds is 7. The number of amides is 1. The summed E-state index contributed by atoms with van der Waals surface area (Å²) in [6.45, 7) is 2.01. The third-order valence-corrected chi connectivity index (χ3v) is 4.38. The van der Waals surface area contributed by atoms with Gasteiger partial charge in [0.25, 0.3) is 0 Å². The minimum absolute atomic E-state index is 0.140. The molecule has 0 aromatic heterocycles. The van der Waals surface area contributed by atoms with E-state index in [0.29, 0.717) is 0 Å². The van der Waals surface area contributed by atoms with E-state index in [2.05, 4.69) is 5.32 Å². The molecule has 3 nitrogen and oxygen atoms in total. The maximum absolute atomic E-state index is 12.9. The maximum Gasteiger partial charge on any atom is 0.248 e. The molecule has 1 N–H and O–H groups in total. The lowest BCUT2D eigenvalue weighted by atomic mass is 10.0. The molecule has 0 saturated carbocycles. The van der Waals surface area contributed by atoms with Gasteiger partial charge in [-0.1, -0.05) is 90.5 Å². The molecule has 0 aliphatic rings. The normalized spacial score (nSPS) is 11.4. The zero-order chi connectivity index (χ0) is 20.5. The number of hydrogen-bond donors (Lipinski definition) is 1. The van der Waals surface area contributed by atoms with Crippen molar-refractivity contribution in [3.05, 3.63) is 119 Å². The number of Topliss-reactive ketones (excluding diaryl/α,β-unsaturated/α-hetero) is 1. The smallest absolute Gasteiger partial charge is 0.248 e. The molecule has 3 aromatic carbocycles. The van der Waals surface area contributed by atoms with E-state index in [-0.39, 0.29) is 23.8 Å². The highest BCUT2D eigenvalue weighted by Gasteiger charge is 2.13. The summed E-state index contributed by atoms with van der Waals surface area (Å²) in [4.78, 5) is 25.3. The zero-order valence-electron chi connectivity index (χ0n) is 16.3. The van der Waals surface area contributed by atoms with E-state index in [0.717, 1.165) is 22.3 Å². The molecule has 0 aliphatic carbocycles. The standard InChI is InChI=1S/C26H23NO2/c1-20-12-14-23(15-13-20)19-25(28)24(18-22-10-6-3-7-11-22)27-26(29)17-16-21-8-4-2-5-9-21/h2-18H,19H2,1H3,(H,27,29)/b17-16+,24-18-. The maximum atomic E-state index is 12.9. The van der Waals surface area contributed by atoms with Crippen molar-refractivity contribution in [2.24, 2.45) is 0 Å². The van der Waals surface area contributed by atoms with Crippen LogP contribution in [0.5, 0.6) is 0 Å². The van der Waals surface area contributed by atoms with Crippen LogP contribution in [0, 0.1) is 6.92 Å². The van der Waals surface area contributed by atoms with E-state index in [1.54, 1.807) is 12.2 Å². The van der Waals surface area contributed by atoms with Crippen LogP contribution in [0.1, 0.15) is 22.3 Å². The minimum Gasteiger partial charge on any atom is -0.319 e. The Hall–Kier alpha value is -3.72. The number of nitrogens with one attached hydrogen (secondary N) is 1. The van der Waals surface area contributed by atoms with E-state index in [9.17, 15) is 9.59 Å². The van der Waals surface area contributed by atoms with Crippen molar-refractivity contribution in [2.45, 2.75) is 13.3 Å². The van der Waals surface area contributed by atoms with Gasteiger partial charge in [0, 0.05) is 12.5 Å². The number of benzene rings is 3. The molecule has 0 fully saturated rings. The summed E-state index contributed by atoms with van der Waals surface area (Å²) in [6.07, 6.45) is 5.10. The van der Waals surface area contributed by atoms with Crippen molar-refractivity contribution in [2.75, 3.05) is 0 Å². The van der Waals surface area contributed by atoms with E-state index >= 15 is 0 Å². The topological polar surface area (TPSA) is 46.2 Å². The number of allylic oxidation sites excluding steroid dienone is 1. The second-order valence-corrected chi connectivity index (χ2v) is 6.79. The van der Waals surface area contributed by atoms with Crippen molar-refractivity contribution in [1.29, 1.82) is 0 Å². The molecule has 0 radical (unpaired) electrons. The molecule has 0 saturated heterocycles. The van der Waals surface area contributed by atoms with Crippen LogP contribution in [0.2, 0.25) is 0 Å². The number of aryl methyl sites for hydroxylation is 1. The summed E-state index contributed by atoms with van der Waals surface area (Å²) in [5, 5.41) is 2.75.